The average molecular weight is 234 g/mol. The average Bonchev–Trinajstić information content (AvgIpc) is 2.17. The summed E-state index contributed by atoms with van der Waals surface area (Å²) in [5, 5.41) is 2.18. The van der Waals surface area contributed by atoms with Gasteiger partial charge >= 0.3 is 0 Å². The first-order valence-corrected chi connectivity index (χ1v) is 4.66. The molecule has 0 saturated carbocycles. The van der Waals surface area contributed by atoms with Gasteiger partial charge in [0.05, 0.1) is 0 Å². The van der Waals surface area contributed by atoms with Crippen molar-refractivity contribution in [3.05, 3.63) is 46.4 Å². The quantitative estimate of drug-likeness (QED) is 0.741. The Morgan fingerprint density at radius 2 is 1.69 bits per heavy atom. The minimum atomic E-state index is 0.592. The molecular formula is C11H6BrO. The van der Waals surface area contributed by atoms with Gasteiger partial charge in [0.1, 0.15) is 0 Å². The second-order valence-electron chi connectivity index (χ2n) is 2.81. The highest BCUT2D eigenvalue weighted by Crippen LogP contribution is 2.20. The summed E-state index contributed by atoms with van der Waals surface area (Å²) in [6.45, 7) is 0. The van der Waals surface area contributed by atoms with Gasteiger partial charge in [0, 0.05) is 10.0 Å². The molecule has 0 atom stereocenters. The van der Waals surface area contributed by atoms with Crippen molar-refractivity contribution in [1.82, 2.24) is 0 Å². The monoisotopic (exact) mass is 233 g/mol. The van der Waals surface area contributed by atoms with Crippen molar-refractivity contribution in [2.24, 2.45) is 0 Å². The number of rotatable bonds is 1. The van der Waals surface area contributed by atoms with Gasteiger partial charge < -0.3 is 0 Å². The molecule has 0 aliphatic carbocycles. The SMILES string of the molecule is O=[C]c1ccc2cc(Br)ccc2c1. The van der Waals surface area contributed by atoms with Crippen LogP contribution >= 0.6 is 15.9 Å². The molecule has 0 N–H and O–H groups in total. The second-order valence-corrected chi connectivity index (χ2v) is 3.72. The highest BCUT2D eigenvalue weighted by atomic mass is 79.9. The summed E-state index contributed by atoms with van der Waals surface area (Å²) in [6.07, 6.45) is 1.87. The molecule has 0 saturated heterocycles. The zero-order chi connectivity index (χ0) is 9.26. The molecule has 0 spiro atoms. The number of fused-ring (bicyclic) bond motifs is 1. The van der Waals surface area contributed by atoms with Crippen LogP contribution < -0.4 is 0 Å². The standard InChI is InChI=1S/C11H6BrO/c12-11-4-3-9-5-8(7-13)1-2-10(9)6-11/h1-6H. The third-order valence-corrected chi connectivity index (χ3v) is 2.41. The lowest BCUT2D eigenvalue weighted by Gasteiger charge is -1.98. The molecule has 0 fully saturated rings. The van der Waals surface area contributed by atoms with Crippen LogP contribution in [-0.4, -0.2) is 6.29 Å². The van der Waals surface area contributed by atoms with Gasteiger partial charge in [-0.15, -0.1) is 0 Å². The lowest BCUT2D eigenvalue weighted by Crippen LogP contribution is -1.80. The summed E-state index contributed by atoms with van der Waals surface area (Å²) >= 11 is 3.39. The van der Waals surface area contributed by atoms with Crippen LogP contribution in [0.5, 0.6) is 0 Å². The topological polar surface area (TPSA) is 17.1 Å². The summed E-state index contributed by atoms with van der Waals surface area (Å²) in [6, 6.07) is 11.5. The van der Waals surface area contributed by atoms with Crippen molar-refractivity contribution < 1.29 is 4.79 Å². The molecule has 0 aromatic heterocycles. The lowest BCUT2D eigenvalue weighted by atomic mass is 10.1. The van der Waals surface area contributed by atoms with Gasteiger partial charge in [-0.05, 0) is 29.0 Å². The molecule has 2 heteroatoms. The highest BCUT2D eigenvalue weighted by molar-refractivity contribution is 9.10. The summed E-state index contributed by atoms with van der Waals surface area (Å²) < 4.78 is 1.04. The summed E-state index contributed by atoms with van der Waals surface area (Å²) in [7, 11) is 0. The van der Waals surface area contributed by atoms with Crippen molar-refractivity contribution in [3.63, 3.8) is 0 Å². The Kier molecular flexibility index (Phi) is 2.15. The molecule has 2 aromatic rings. The zero-order valence-electron chi connectivity index (χ0n) is 6.75. The van der Waals surface area contributed by atoms with Crippen LogP contribution in [0.3, 0.4) is 0 Å². The highest BCUT2D eigenvalue weighted by Gasteiger charge is 1.96. The van der Waals surface area contributed by atoms with Gasteiger partial charge in [0.2, 0.25) is 6.29 Å². The molecule has 0 aliphatic heterocycles. The summed E-state index contributed by atoms with van der Waals surface area (Å²) in [5.41, 5.74) is 0.592. The number of hydrogen-bond acceptors (Lipinski definition) is 1. The number of carbonyl (C=O) groups excluding carboxylic acids is 1. The fourth-order valence-electron chi connectivity index (χ4n) is 1.28. The van der Waals surface area contributed by atoms with Crippen LogP contribution in [0.4, 0.5) is 0 Å². The maximum Gasteiger partial charge on any atom is 0.233 e. The van der Waals surface area contributed by atoms with E-state index in [0.717, 1.165) is 15.2 Å². The fraction of sp³-hybridized carbons (Fsp3) is 0. The molecule has 0 heterocycles. The first-order chi connectivity index (χ1) is 6.29. The van der Waals surface area contributed by atoms with Gasteiger partial charge in [-0.25, -0.2) is 0 Å². The van der Waals surface area contributed by atoms with Gasteiger partial charge in [0.25, 0.3) is 0 Å². The first-order valence-electron chi connectivity index (χ1n) is 3.87. The molecule has 13 heavy (non-hydrogen) atoms. The smallest absolute Gasteiger partial charge is 0.233 e. The van der Waals surface area contributed by atoms with Gasteiger partial charge in [-0.3, -0.25) is 4.79 Å². The molecule has 2 aromatic carbocycles. The van der Waals surface area contributed by atoms with Crippen LogP contribution in [0.2, 0.25) is 0 Å². The van der Waals surface area contributed by atoms with Crippen molar-refractivity contribution in [3.8, 4) is 0 Å². The first kappa shape index (κ1) is 8.45. The summed E-state index contributed by atoms with van der Waals surface area (Å²) in [5.74, 6) is 0. The third-order valence-electron chi connectivity index (χ3n) is 1.92. The van der Waals surface area contributed by atoms with Crippen LogP contribution in [0.15, 0.2) is 40.9 Å². The number of benzene rings is 2. The minimum absolute atomic E-state index is 0.592. The van der Waals surface area contributed by atoms with Gasteiger partial charge in [0.15, 0.2) is 0 Å². The van der Waals surface area contributed by atoms with Crippen molar-refractivity contribution in [2.45, 2.75) is 0 Å². The maximum absolute atomic E-state index is 10.4. The van der Waals surface area contributed by atoms with E-state index in [4.69, 9.17) is 0 Å². The Labute approximate surface area is 84.5 Å². The Bertz CT molecular complexity index is 463. The van der Waals surface area contributed by atoms with E-state index in [-0.39, 0.29) is 0 Å². The predicted octanol–water partition coefficient (Wildman–Crippen LogP) is 3.06. The second kappa shape index (κ2) is 3.30. The van der Waals surface area contributed by atoms with E-state index in [2.05, 4.69) is 15.9 Å². The Balaban J connectivity index is 2.73. The molecular weight excluding hydrogens is 228 g/mol. The van der Waals surface area contributed by atoms with Gasteiger partial charge in [-0.2, -0.15) is 0 Å². The molecule has 63 valence electrons. The van der Waals surface area contributed by atoms with Crippen LogP contribution in [0.25, 0.3) is 10.8 Å². The van der Waals surface area contributed by atoms with E-state index in [0.29, 0.717) is 5.56 Å². The number of halogens is 1. The molecule has 0 unspecified atom stereocenters. The maximum atomic E-state index is 10.4. The minimum Gasteiger partial charge on any atom is -0.285 e. The Morgan fingerprint density at radius 1 is 1.00 bits per heavy atom. The van der Waals surface area contributed by atoms with E-state index in [1.165, 1.54) is 0 Å². The summed E-state index contributed by atoms with van der Waals surface area (Å²) in [4.78, 5) is 10.4. The van der Waals surface area contributed by atoms with E-state index >= 15 is 0 Å². The van der Waals surface area contributed by atoms with E-state index in [1.807, 2.05) is 36.6 Å². The fourth-order valence-corrected chi connectivity index (χ4v) is 1.66. The predicted molar refractivity (Wildman–Crippen MR) is 56.4 cm³/mol. The number of hydrogen-bond donors (Lipinski definition) is 0. The molecule has 2 rings (SSSR count). The zero-order valence-corrected chi connectivity index (χ0v) is 8.34. The van der Waals surface area contributed by atoms with Crippen molar-refractivity contribution >= 4 is 33.0 Å². The molecule has 0 bridgehead atoms. The molecule has 1 radical (unpaired) electrons. The largest absolute Gasteiger partial charge is 0.285 e. The Morgan fingerprint density at radius 3 is 2.46 bits per heavy atom. The lowest BCUT2D eigenvalue weighted by molar-refractivity contribution is 0.563. The van der Waals surface area contributed by atoms with E-state index < -0.39 is 0 Å². The third kappa shape index (κ3) is 1.63. The van der Waals surface area contributed by atoms with Crippen molar-refractivity contribution in [2.75, 3.05) is 0 Å². The van der Waals surface area contributed by atoms with Crippen LogP contribution in [0.1, 0.15) is 5.56 Å². The van der Waals surface area contributed by atoms with E-state index in [9.17, 15) is 4.79 Å². The van der Waals surface area contributed by atoms with Crippen LogP contribution in [0, 0.1) is 0 Å². The Hall–Kier alpha value is -1.15. The van der Waals surface area contributed by atoms with Crippen molar-refractivity contribution in [1.29, 1.82) is 0 Å². The van der Waals surface area contributed by atoms with E-state index in [1.54, 1.807) is 6.07 Å². The van der Waals surface area contributed by atoms with Gasteiger partial charge in [-0.1, -0.05) is 34.1 Å². The normalized spacial score (nSPS) is 10.2. The molecule has 0 aliphatic rings. The molecule has 0 amide bonds. The molecule has 1 nitrogen and oxygen atoms in total. The van der Waals surface area contributed by atoms with Crippen LogP contribution in [-0.2, 0) is 4.79 Å².